The number of aromatic nitrogens is 2. The van der Waals surface area contributed by atoms with Gasteiger partial charge >= 0.3 is 0 Å². The molecule has 2 aromatic rings. The quantitative estimate of drug-likeness (QED) is 0.917. The van der Waals surface area contributed by atoms with Gasteiger partial charge < -0.3 is 4.74 Å². The molecule has 0 spiro atoms. The molecule has 0 radical (unpaired) electrons. The van der Waals surface area contributed by atoms with E-state index in [-0.39, 0.29) is 18.4 Å². The highest BCUT2D eigenvalue weighted by molar-refractivity contribution is 7.15. The number of hydrogen-bond donors (Lipinski definition) is 1. The number of rotatable bonds is 5. The van der Waals surface area contributed by atoms with Crippen LogP contribution in [0.15, 0.2) is 24.3 Å². The van der Waals surface area contributed by atoms with Gasteiger partial charge in [-0.05, 0) is 12.1 Å². The molecule has 1 N–H and O–H groups in total. The van der Waals surface area contributed by atoms with E-state index in [2.05, 4.69) is 15.5 Å². The third kappa shape index (κ3) is 4.00. The maximum Gasteiger partial charge on any atom is 0.264 e. The predicted octanol–water partition coefficient (Wildman–Crippen LogP) is 2.55. The molecule has 0 aliphatic carbocycles. The maximum atomic E-state index is 11.8. The van der Waals surface area contributed by atoms with Crippen molar-refractivity contribution in [3.8, 4) is 11.8 Å². The number of para-hydroxylation sites is 1. The lowest BCUT2D eigenvalue weighted by Crippen LogP contribution is -2.20. The van der Waals surface area contributed by atoms with Gasteiger partial charge in [-0.2, -0.15) is 5.26 Å². The van der Waals surface area contributed by atoms with Crippen LogP contribution in [-0.4, -0.2) is 22.7 Å². The van der Waals surface area contributed by atoms with E-state index < -0.39 is 0 Å². The van der Waals surface area contributed by atoms with Gasteiger partial charge in [0.05, 0.1) is 5.56 Å². The van der Waals surface area contributed by atoms with Crippen LogP contribution in [0.3, 0.4) is 0 Å². The summed E-state index contributed by atoms with van der Waals surface area (Å²) in [7, 11) is 0. The van der Waals surface area contributed by atoms with Crippen LogP contribution < -0.4 is 10.1 Å². The topological polar surface area (TPSA) is 87.9 Å². The van der Waals surface area contributed by atoms with E-state index >= 15 is 0 Å². The molecule has 21 heavy (non-hydrogen) atoms. The molecule has 7 heteroatoms. The van der Waals surface area contributed by atoms with Gasteiger partial charge in [0.1, 0.15) is 16.8 Å². The molecule has 0 atom stereocenters. The molecule has 0 aliphatic heterocycles. The fraction of sp³-hybridized carbons (Fsp3) is 0.286. The van der Waals surface area contributed by atoms with Crippen LogP contribution >= 0.6 is 11.3 Å². The first-order valence-corrected chi connectivity index (χ1v) is 7.17. The molecule has 1 amide bonds. The Kier molecular flexibility index (Phi) is 4.85. The zero-order valence-corrected chi connectivity index (χ0v) is 12.5. The molecular formula is C14H14N4O2S. The molecule has 6 nitrogen and oxygen atoms in total. The minimum absolute atomic E-state index is 0.185. The molecule has 2 rings (SSSR count). The van der Waals surface area contributed by atoms with Gasteiger partial charge in [0.2, 0.25) is 5.13 Å². The van der Waals surface area contributed by atoms with E-state index in [9.17, 15) is 4.79 Å². The van der Waals surface area contributed by atoms with Crippen LogP contribution in [-0.2, 0) is 4.79 Å². The molecule has 1 aromatic heterocycles. The predicted molar refractivity (Wildman–Crippen MR) is 79.3 cm³/mol. The maximum absolute atomic E-state index is 11.8. The minimum atomic E-state index is -0.339. The van der Waals surface area contributed by atoms with E-state index in [4.69, 9.17) is 10.00 Å². The molecule has 1 heterocycles. The molecular weight excluding hydrogens is 288 g/mol. The monoisotopic (exact) mass is 302 g/mol. The summed E-state index contributed by atoms with van der Waals surface area (Å²) >= 11 is 1.34. The van der Waals surface area contributed by atoms with Crippen molar-refractivity contribution in [1.82, 2.24) is 10.2 Å². The lowest BCUT2D eigenvalue weighted by molar-refractivity contribution is -0.118. The van der Waals surface area contributed by atoms with E-state index in [0.29, 0.717) is 16.4 Å². The average Bonchev–Trinajstić information content (AvgIpc) is 2.94. The van der Waals surface area contributed by atoms with Crippen molar-refractivity contribution < 1.29 is 9.53 Å². The number of benzene rings is 1. The first-order chi connectivity index (χ1) is 10.1. The third-order valence-corrected chi connectivity index (χ3v) is 3.69. The molecule has 108 valence electrons. The van der Waals surface area contributed by atoms with Gasteiger partial charge in [-0.15, -0.1) is 10.2 Å². The summed E-state index contributed by atoms with van der Waals surface area (Å²) in [5.41, 5.74) is 0.392. The number of carbonyl (C=O) groups is 1. The summed E-state index contributed by atoms with van der Waals surface area (Å²) in [4.78, 5) is 11.8. The second-order valence-corrected chi connectivity index (χ2v) is 5.55. The second kappa shape index (κ2) is 6.81. The van der Waals surface area contributed by atoms with E-state index in [1.165, 1.54) is 11.3 Å². The zero-order chi connectivity index (χ0) is 15.2. The number of amides is 1. The third-order valence-electron chi connectivity index (χ3n) is 2.55. The van der Waals surface area contributed by atoms with E-state index in [0.717, 1.165) is 5.01 Å². The van der Waals surface area contributed by atoms with Crippen LogP contribution in [0.25, 0.3) is 0 Å². The van der Waals surface area contributed by atoms with Crippen molar-refractivity contribution in [3.63, 3.8) is 0 Å². The number of nitriles is 1. The Balaban J connectivity index is 1.91. The Morgan fingerprint density at radius 1 is 1.43 bits per heavy atom. The van der Waals surface area contributed by atoms with Crippen molar-refractivity contribution >= 4 is 22.4 Å². The zero-order valence-electron chi connectivity index (χ0n) is 11.7. The summed E-state index contributed by atoms with van der Waals surface area (Å²) in [5, 5.41) is 20.7. The average molecular weight is 302 g/mol. The van der Waals surface area contributed by atoms with Crippen molar-refractivity contribution in [2.45, 2.75) is 19.8 Å². The van der Waals surface area contributed by atoms with Gasteiger partial charge in [0, 0.05) is 5.92 Å². The van der Waals surface area contributed by atoms with E-state index in [1.807, 2.05) is 19.9 Å². The Bertz CT molecular complexity index is 676. The smallest absolute Gasteiger partial charge is 0.264 e. The minimum Gasteiger partial charge on any atom is -0.482 e. The number of ether oxygens (including phenoxy) is 1. The summed E-state index contributed by atoms with van der Waals surface area (Å²) in [6.07, 6.45) is 0. The van der Waals surface area contributed by atoms with Crippen molar-refractivity contribution in [2.24, 2.45) is 0 Å². The molecule has 0 aliphatic rings. The highest BCUT2D eigenvalue weighted by Crippen LogP contribution is 2.22. The summed E-state index contributed by atoms with van der Waals surface area (Å²) in [5.74, 6) is 0.316. The second-order valence-electron chi connectivity index (χ2n) is 4.54. The SMILES string of the molecule is CC(C)c1nnc(NC(=O)COc2ccccc2C#N)s1. The van der Waals surface area contributed by atoms with Crippen molar-refractivity contribution in [2.75, 3.05) is 11.9 Å². The molecule has 0 unspecified atom stereocenters. The van der Waals surface area contributed by atoms with Gasteiger partial charge in [-0.3, -0.25) is 10.1 Å². The lowest BCUT2D eigenvalue weighted by atomic mass is 10.2. The fourth-order valence-corrected chi connectivity index (χ4v) is 2.26. The molecule has 0 saturated carbocycles. The van der Waals surface area contributed by atoms with E-state index in [1.54, 1.807) is 24.3 Å². The first-order valence-electron chi connectivity index (χ1n) is 6.35. The summed E-state index contributed by atoms with van der Waals surface area (Å²) in [6, 6.07) is 8.77. The molecule has 1 aromatic carbocycles. The molecule has 0 saturated heterocycles. The van der Waals surface area contributed by atoms with Crippen LogP contribution in [0.2, 0.25) is 0 Å². The number of anilines is 1. The largest absolute Gasteiger partial charge is 0.482 e. The Morgan fingerprint density at radius 2 is 2.19 bits per heavy atom. The molecule has 0 fully saturated rings. The van der Waals surface area contributed by atoms with Crippen LogP contribution in [0.1, 0.15) is 30.3 Å². The Labute approximate surface area is 126 Å². The van der Waals surface area contributed by atoms with Gasteiger partial charge in [-0.1, -0.05) is 37.3 Å². The normalized spacial score (nSPS) is 10.2. The number of nitrogens with one attached hydrogen (secondary N) is 1. The Hall–Kier alpha value is -2.46. The lowest BCUT2D eigenvalue weighted by Gasteiger charge is -2.06. The Morgan fingerprint density at radius 3 is 2.86 bits per heavy atom. The number of nitrogens with zero attached hydrogens (tertiary/aromatic N) is 3. The number of carbonyl (C=O) groups excluding carboxylic acids is 1. The van der Waals surface area contributed by atoms with Crippen LogP contribution in [0.4, 0.5) is 5.13 Å². The first kappa shape index (κ1) is 14.9. The highest BCUT2D eigenvalue weighted by Gasteiger charge is 2.11. The van der Waals surface area contributed by atoms with Crippen molar-refractivity contribution in [1.29, 1.82) is 5.26 Å². The fourth-order valence-electron chi connectivity index (χ4n) is 1.50. The molecule has 0 bridgehead atoms. The summed E-state index contributed by atoms with van der Waals surface area (Å²) < 4.78 is 5.34. The van der Waals surface area contributed by atoms with Crippen molar-refractivity contribution in [3.05, 3.63) is 34.8 Å². The van der Waals surface area contributed by atoms with Gasteiger partial charge in [0.15, 0.2) is 6.61 Å². The van der Waals surface area contributed by atoms with Crippen LogP contribution in [0.5, 0.6) is 5.75 Å². The van der Waals surface area contributed by atoms with Gasteiger partial charge in [-0.25, -0.2) is 0 Å². The van der Waals surface area contributed by atoms with Gasteiger partial charge in [0.25, 0.3) is 5.91 Å². The highest BCUT2D eigenvalue weighted by atomic mass is 32.1. The summed E-state index contributed by atoms with van der Waals surface area (Å²) in [6.45, 7) is 3.83. The standard InChI is InChI=1S/C14H14N4O2S/c1-9(2)13-17-18-14(21-13)16-12(19)8-20-11-6-4-3-5-10(11)7-15/h3-6,9H,8H2,1-2H3,(H,16,18,19). The van der Waals surface area contributed by atoms with Crippen LogP contribution in [0, 0.1) is 11.3 Å². The number of hydrogen-bond acceptors (Lipinski definition) is 6.